The number of nitrogens with zero attached hydrogens (tertiary/aromatic N) is 2. The van der Waals surface area contributed by atoms with Crippen LogP contribution in [0.25, 0.3) is 33.3 Å². The molecule has 1 atom stereocenters. The molecule has 0 bridgehead atoms. The van der Waals surface area contributed by atoms with E-state index in [4.69, 9.17) is 0 Å². The molecule has 2 aromatic carbocycles. The highest BCUT2D eigenvalue weighted by atomic mass is 15.0. The van der Waals surface area contributed by atoms with Gasteiger partial charge in [-0.15, -0.1) is 13.2 Å². The van der Waals surface area contributed by atoms with E-state index in [1.54, 1.807) is 0 Å². The summed E-state index contributed by atoms with van der Waals surface area (Å²) < 4.78 is 2.51. The Bertz CT molecular complexity index is 1490. The van der Waals surface area contributed by atoms with E-state index in [-0.39, 0.29) is 11.5 Å². The van der Waals surface area contributed by atoms with Crippen molar-refractivity contribution in [2.24, 2.45) is 5.41 Å². The van der Waals surface area contributed by atoms with Gasteiger partial charge in [0.05, 0.1) is 5.69 Å². The fourth-order valence-corrected chi connectivity index (χ4v) is 6.13. The van der Waals surface area contributed by atoms with Crippen molar-refractivity contribution in [2.45, 2.75) is 79.3 Å². The summed E-state index contributed by atoms with van der Waals surface area (Å²) in [6.07, 6.45) is 13.1. The lowest BCUT2D eigenvalue weighted by molar-refractivity contribution is 0.337. The number of likely N-dealkylation sites (N-methyl/N-ethyl adjacent to an activating group) is 1. The monoisotopic (exact) mass is 533 g/mol. The molecule has 0 radical (unpaired) electrons. The van der Waals surface area contributed by atoms with E-state index in [9.17, 15) is 0 Å². The Morgan fingerprint density at radius 1 is 1.05 bits per heavy atom. The lowest BCUT2D eigenvalue weighted by Gasteiger charge is -2.25. The normalized spacial score (nSPS) is 12.6. The number of pyridine rings is 1. The average molecular weight is 534 g/mol. The predicted octanol–water partition coefficient (Wildman–Crippen LogP) is 9.11. The van der Waals surface area contributed by atoms with Crippen LogP contribution < -0.4 is 5.32 Å². The molecular weight excluding hydrogens is 486 g/mol. The van der Waals surface area contributed by atoms with E-state index >= 15 is 0 Å². The van der Waals surface area contributed by atoms with Crippen molar-refractivity contribution in [3.63, 3.8) is 0 Å². The van der Waals surface area contributed by atoms with Crippen LogP contribution in [0.3, 0.4) is 0 Å². The minimum absolute atomic E-state index is 0.143. The van der Waals surface area contributed by atoms with E-state index in [0.717, 1.165) is 38.6 Å². The summed E-state index contributed by atoms with van der Waals surface area (Å²) in [4.78, 5) is 4.59. The highest BCUT2D eigenvalue weighted by Gasteiger charge is 2.26. The number of rotatable bonds is 13. The fraction of sp³-hybridized carbons (Fsp3) is 0.378. The van der Waals surface area contributed by atoms with Gasteiger partial charge >= 0.3 is 0 Å². The van der Waals surface area contributed by atoms with Gasteiger partial charge in [0, 0.05) is 41.4 Å². The standard InChI is InChI=1S/C37H47N3/c1-9-13-17-37(6,7)24-33-32-23-29(30-20-26(5)19-27(21-30)22-31(11-3)38-8)14-15-35(32)40(12-4)36(33)34-25-39-18-16-28(34)10-2/h9,11,14-16,18-21,23,25,31,38H,1,3,10,12-13,17,22,24H2,2,4-8H3. The van der Waals surface area contributed by atoms with Gasteiger partial charge in [-0.1, -0.05) is 62.8 Å². The quantitative estimate of drug-likeness (QED) is 0.174. The van der Waals surface area contributed by atoms with Crippen LogP contribution in [0, 0.1) is 12.3 Å². The average Bonchev–Trinajstić information content (AvgIpc) is 3.26. The lowest BCUT2D eigenvalue weighted by atomic mass is 9.80. The first-order chi connectivity index (χ1) is 19.2. The first-order valence-electron chi connectivity index (χ1n) is 14.8. The van der Waals surface area contributed by atoms with Crippen LogP contribution >= 0.6 is 0 Å². The molecule has 4 aromatic rings. The van der Waals surface area contributed by atoms with Gasteiger partial charge in [0.2, 0.25) is 0 Å². The number of hydrogen-bond donors (Lipinski definition) is 1. The molecule has 2 aromatic heterocycles. The molecule has 210 valence electrons. The number of allylic oxidation sites excluding steroid dienone is 1. The molecular formula is C37H47N3. The second-order valence-corrected chi connectivity index (χ2v) is 11.9. The number of nitrogens with one attached hydrogen (secondary N) is 1. The summed E-state index contributed by atoms with van der Waals surface area (Å²) in [5.41, 5.74) is 12.0. The minimum atomic E-state index is 0.143. The van der Waals surface area contributed by atoms with Crippen LogP contribution in [0.4, 0.5) is 0 Å². The topological polar surface area (TPSA) is 29.9 Å². The molecule has 0 saturated heterocycles. The van der Waals surface area contributed by atoms with E-state index < -0.39 is 0 Å². The highest BCUT2D eigenvalue weighted by Crippen LogP contribution is 2.41. The van der Waals surface area contributed by atoms with Gasteiger partial charge in [0.1, 0.15) is 0 Å². The Labute approximate surface area is 242 Å². The van der Waals surface area contributed by atoms with Crippen molar-refractivity contribution in [3.8, 4) is 22.4 Å². The van der Waals surface area contributed by atoms with Crippen molar-refractivity contribution >= 4 is 10.9 Å². The first-order valence-corrected chi connectivity index (χ1v) is 14.8. The molecule has 0 saturated carbocycles. The Morgan fingerprint density at radius 3 is 2.52 bits per heavy atom. The van der Waals surface area contributed by atoms with E-state index in [0.29, 0.717) is 0 Å². The molecule has 0 fully saturated rings. The number of hydrogen-bond acceptors (Lipinski definition) is 2. The van der Waals surface area contributed by atoms with Crippen molar-refractivity contribution in [3.05, 3.63) is 102 Å². The minimum Gasteiger partial charge on any atom is -0.340 e. The van der Waals surface area contributed by atoms with Crippen LogP contribution in [-0.4, -0.2) is 22.6 Å². The van der Waals surface area contributed by atoms with Gasteiger partial charge in [-0.25, -0.2) is 0 Å². The van der Waals surface area contributed by atoms with E-state index in [1.807, 2.05) is 25.4 Å². The molecule has 0 spiro atoms. The molecule has 0 aliphatic carbocycles. The third kappa shape index (κ3) is 6.31. The Morgan fingerprint density at radius 2 is 1.85 bits per heavy atom. The molecule has 0 amide bonds. The first kappa shape index (κ1) is 29.6. The summed E-state index contributed by atoms with van der Waals surface area (Å²) in [6.45, 7) is 20.4. The number of benzene rings is 2. The number of aromatic nitrogens is 2. The largest absolute Gasteiger partial charge is 0.340 e. The molecule has 3 nitrogen and oxygen atoms in total. The molecule has 3 heteroatoms. The number of aryl methyl sites for hydroxylation is 3. The molecule has 0 aliphatic heterocycles. The van der Waals surface area contributed by atoms with Crippen LogP contribution in [0.2, 0.25) is 0 Å². The van der Waals surface area contributed by atoms with E-state index in [2.05, 4.69) is 111 Å². The van der Waals surface area contributed by atoms with Crippen molar-refractivity contribution in [1.29, 1.82) is 0 Å². The van der Waals surface area contributed by atoms with Crippen LogP contribution in [-0.2, 0) is 25.8 Å². The Balaban J connectivity index is 1.95. The summed E-state index contributed by atoms with van der Waals surface area (Å²) in [6, 6.07) is 16.5. The van der Waals surface area contributed by atoms with Crippen molar-refractivity contribution in [1.82, 2.24) is 14.9 Å². The fourth-order valence-electron chi connectivity index (χ4n) is 6.13. The zero-order chi connectivity index (χ0) is 28.9. The van der Waals surface area contributed by atoms with Gasteiger partial charge in [0.15, 0.2) is 0 Å². The number of fused-ring (bicyclic) bond motifs is 1. The smallest absolute Gasteiger partial charge is 0.0542 e. The van der Waals surface area contributed by atoms with Gasteiger partial charge in [-0.05, 0) is 104 Å². The van der Waals surface area contributed by atoms with Gasteiger partial charge < -0.3 is 9.88 Å². The van der Waals surface area contributed by atoms with E-state index in [1.165, 1.54) is 55.5 Å². The van der Waals surface area contributed by atoms with Gasteiger partial charge in [-0.2, -0.15) is 0 Å². The second-order valence-electron chi connectivity index (χ2n) is 11.9. The molecule has 1 N–H and O–H groups in total. The maximum atomic E-state index is 4.59. The van der Waals surface area contributed by atoms with Crippen LogP contribution in [0.5, 0.6) is 0 Å². The second kappa shape index (κ2) is 12.8. The van der Waals surface area contributed by atoms with Crippen LogP contribution in [0.1, 0.15) is 62.8 Å². The predicted molar refractivity (Wildman–Crippen MR) is 174 cm³/mol. The summed E-state index contributed by atoms with van der Waals surface area (Å²) in [5, 5.41) is 4.71. The maximum Gasteiger partial charge on any atom is 0.0542 e. The summed E-state index contributed by atoms with van der Waals surface area (Å²) >= 11 is 0. The van der Waals surface area contributed by atoms with Crippen molar-refractivity contribution in [2.75, 3.05) is 7.05 Å². The zero-order valence-electron chi connectivity index (χ0n) is 25.5. The van der Waals surface area contributed by atoms with Gasteiger partial charge in [0.25, 0.3) is 0 Å². The highest BCUT2D eigenvalue weighted by molar-refractivity contribution is 5.95. The lowest BCUT2D eigenvalue weighted by Crippen LogP contribution is -2.24. The summed E-state index contributed by atoms with van der Waals surface area (Å²) in [7, 11) is 2.00. The SMILES string of the molecule is C=CCCC(C)(C)Cc1c(-c2cnccc2CC)n(CC)c2ccc(-c3cc(C)cc(CC(C=C)NC)c3)cc12. The van der Waals surface area contributed by atoms with Crippen LogP contribution in [0.15, 0.2) is 80.2 Å². The molecule has 1 unspecified atom stereocenters. The third-order valence-electron chi connectivity index (χ3n) is 8.29. The van der Waals surface area contributed by atoms with Gasteiger partial charge in [-0.3, -0.25) is 4.98 Å². The maximum absolute atomic E-state index is 4.59. The van der Waals surface area contributed by atoms with Crippen molar-refractivity contribution < 1.29 is 0 Å². The molecule has 4 rings (SSSR count). The Hall–Kier alpha value is -3.43. The molecule has 2 heterocycles. The Kier molecular flexibility index (Phi) is 9.48. The zero-order valence-corrected chi connectivity index (χ0v) is 25.5. The molecule has 0 aliphatic rings. The molecule has 40 heavy (non-hydrogen) atoms. The summed E-state index contributed by atoms with van der Waals surface area (Å²) in [5.74, 6) is 0. The third-order valence-corrected chi connectivity index (χ3v) is 8.29.